The Hall–Kier alpha value is -3.74. The van der Waals surface area contributed by atoms with Crippen LogP contribution >= 0.6 is 0 Å². The Labute approximate surface area is 212 Å². The average Bonchev–Trinajstić information content (AvgIpc) is 2.77. The number of allylic oxidation sites excluding steroid dienone is 1. The summed E-state index contributed by atoms with van der Waals surface area (Å²) in [6.45, 7) is 0.0779. The fourth-order valence-corrected chi connectivity index (χ4v) is 5.84. The zero-order valence-corrected chi connectivity index (χ0v) is 20.9. The molecule has 0 fully saturated rings. The Bertz CT molecular complexity index is 1300. The van der Waals surface area contributed by atoms with Gasteiger partial charge in [-0.2, -0.15) is 0 Å². The van der Waals surface area contributed by atoms with Crippen LogP contribution in [-0.2, 0) is 20.8 Å². The van der Waals surface area contributed by atoms with Crippen molar-refractivity contribution in [3.63, 3.8) is 0 Å². The smallest absolute Gasteiger partial charge is 0.255 e. The van der Waals surface area contributed by atoms with Crippen molar-refractivity contribution in [2.24, 2.45) is 17.6 Å². The van der Waals surface area contributed by atoms with Gasteiger partial charge in [0.15, 0.2) is 11.4 Å². The highest BCUT2D eigenvalue weighted by Gasteiger charge is 2.63. The van der Waals surface area contributed by atoms with Crippen LogP contribution in [0.2, 0.25) is 0 Å². The predicted molar refractivity (Wildman–Crippen MR) is 131 cm³/mol. The van der Waals surface area contributed by atoms with Crippen molar-refractivity contribution in [2.75, 3.05) is 40.1 Å². The molecule has 0 aromatic heterocycles. The van der Waals surface area contributed by atoms with Crippen LogP contribution in [0, 0.1) is 11.8 Å². The van der Waals surface area contributed by atoms with Gasteiger partial charge in [-0.25, -0.2) is 0 Å². The van der Waals surface area contributed by atoms with Gasteiger partial charge in [-0.1, -0.05) is 0 Å². The third-order valence-electron chi connectivity index (χ3n) is 7.34. The normalized spacial score (nSPS) is 27.3. The number of hydrogen-bond acceptors (Lipinski definition) is 10. The Morgan fingerprint density at radius 2 is 1.78 bits per heavy atom. The zero-order chi connectivity index (χ0) is 27.6. The van der Waals surface area contributed by atoms with E-state index in [1.807, 2.05) is 0 Å². The van der Waals surface area contributed by atoms with Crippen molar-refractivity contribution in [3.8, 4) is 5.75 Å². The molecule has 0 radical (unpaired) electrons. The molecule has 2 unspecified atom stereocenters. The molecule has 0 aliphatic heterocycles. The maximum absolute atomic E-state index is 13.6. The van der Waals surface area contributed by atoms with Crippen molar-refractivity contribution in [1.82, 2.24) is 9.80 Å². The molecule has 0 bridgehead atoms. The minimum atomic E-state index is -2.70. The molecule has 198 valence electrons. The van der Waals surface area contributed by atoms with E-state index in [0.29, 0.717) is 11.3 Å². The first-order chi connectivity index (χ1) is 17.2. The van der Waals surface area contributed by atoms with E-state index in [1.54, 1.807) is 33.1 Å². The number of nitrogens with two attached hydrogens (primary N) is 1. The summed E-state index contributed by atoms with van der Waals surface area (Å²) in [5, 5.41) is 46.9. The lowest BCUT2D eigenvalue weighted by Crippen LogP contribution is -2.63. The lowest BCUT2D eigenvalue weighted by atomic mass is 9.58. The summed E-state index contributed by atoms with van der Waals surface area (Å²) < 4.78 is 0. The fraction of sp³-hybridized carbons (Fsp3) is 0.440. The van der Waals surface area contributed by atoms with Crippen LogP contribution in [0.15, 0.2) is 34.8 Å². The second-order valence-electron chi connectivity index (χ2n) is 10.2. The molecule has 4 rings (SSSR count). The summed E-state index contributed by atoms with van der Waals surface area (Å²) in [6, 6.07) is 1.64. The van der Waals surface area contributed by atoms with E-state index in [2.05, 4.69) is 5.32 Å². The molecule has 12 nitrogen and oxygen atoms in total. The number of phenols is 1. The molecule has 0 saturated carbocycles. The molecule has 37 heavy (non-hydrogen) atoms. The van der Waals surface area contributed by atoms with E-state index in [9.17, 15) is 39.6 Å². The quantitative estimate of drug-likeness (QED) is 0.223. The van der Waals surface area contributed by atoms with Gasteiger partial charge >= 0.3 is 0 Å². The number of benzene rings is 1. The highest BCUT2D eigenvalue weighted by molar-refractivity contribution is 6.25. The van der Waals surface area contributed by atoms with E-state index >= 15 is 0 Å². The van der Waals surface area contributed by atoms with Crippen LogP contribution in [0.3, 0.4) is 0 Å². The summed E-state index contributed by atoms with van der Waals surface area (Å²) in [6.07, 6.45) is 0.0486. The number of fused-ring (bicyclic) bond motifs is 3. The Balaban J connectivity index is 1.88. The van der Waals surface area contributed by atoms with Gasteiger partial charge in [-0.15, -0.1) is 0 Å². The number of phenolic OH excluding ortho intramolecular Hbond substituents is 1. The Kier molecular flexibility index (Phi) is 6.39. The van der Waals surface area contributed by atoms with Gasteiger partial charge in [-0.05, 0) is 64.6 Å². The molecule has 4 atom stereocenters. The Morgan fingerprint density at radius 3 is 2.35 bits per heavy atom. The highest BCUT2D eigenvalue weighted by Crippen LogP contribution is 2.52. The number of aromatic hydroxyl groups is 1. The minimum Gasteiger partial charge on any atom is -0.510 e. The summed E-state index contributed by atoms with van der Waals surface area (Å²) in [4.78, 5) is 54.5. The van der Waals surface area contributed by atoms with Gasteiger partial charge in [0.1, 0.15) is 22.8 Å². The van der Waals surface area contributed by atoms with Gasteiger partial charge < -0.3 is 36.4 Å². The summed E-state index contributed by atoms with van der Waals surface area (Å²) >= 11 is 0. The maximum atomic E-state index is 13.6. The number of primary amides is 1. The lowest BCUT2D eigenvalue weighted by Gasteiger charge is -2.50. The van der Waals surface area contributed by atoms with E-state index in [-0.39, 0.29) is 36.4 Å². The van der Waals surface area contributed by atoms with Crippen molar-refractivity contribution < 1.29 is 39.6 Å². The van der Waals surface area contributed by atoms with Crippen molar-refractivity contribution >= 4 is 29.1 Å². The van der Waals surface area contributed by atoms with Crippen molar-refractivity contribution in [1.29, 1.82) is 0 Å². The van der Waals surface area contributed by atoms with Crippen LogP contribution in [0.1, 0.15) is 22.3 Å². The average molecular weight is 515 g/mol. The molecule has 0 saturated heterocycles. The molecule has 7 N–H and O–H groups in total. The third-order valence-corrected chi connectivity index (χ3v) is 7.34. The lowest BCUT2D eigenvalue weighted by molar-refractivity contribution is -0.148. The molecule has 1 aromatic carbocycles. The summed E-state index contributed by atoms with van der Waals surface area (Å²) in [7, 11) is 6.56. The standard InChI is InChI=1S/C25H30N4O8/c1-28(2)9-15(31)27-13-5-6-14(30)17-11(13)7-10-8-12-19(29(3)4)21(33)18(24(26)36)23(35)25(12,37)22(34)16(10)20(17)32/h5-6,10,12,19,30,33-34,37H,7-9H2,1-4H3,(H2,26,36)(H,27,31)/t10?,12?,19-,25-/m0/s1. The number of rotatable bonds is 5. The first-order valence-corrected chi connectivity index (χ1v) is 11.7. The van der Waals surface area contributed by atoms with Gasteiger partial charge in [0.05, 0.1) is 18.2 Å². The molecule has 3 aliphatic rings. The summed E-state index contributed by atoms with van der Waals surface area (Å²) in [5.41, 5.74) is 2.01. The summed E-state index contributed by atoms with van der Waals surface area (Å²) in [5.74, 6) is -7.54. The number of likely N-dealkylation sites (N-methyl/N-ethyl adjacent to an activating group) is 2. The molecular formula is C25H30N4O8. The molecule has 3 aliphatic carbocycles. The monoisotopic (exact) mass is 514 g/mol. The van der Waals surface area contributed by atoms with Crippen LogP contribution < -0.4 is 11.1 Å². The van der Waals surface area contributed by atoms with Crippen molar-refractivity contribution in [2.45, 2.75) is 24.5 Å². The largest absolute Gasteiger partial charge is 0.510 e. The van der Waals surface area contributed by atoms with Crippen molar-refractivity contribution in [3.05, 3.63) is 45.9 Å². The first-order valence-electron chi connectivity index (χ1n) is 11.7. The number of Topliss-reactive ketones (excluding diaryl/α,β-unsaturated/α-hetero) is 2. The van der Waals surface area contributed by atoms with E-state index < -0.39 is 63.8 Å². The number of carbonyl (C=O) groups is 4. The SMILES string of the molecule is CN(C)CC(=O)Nc1ccc(O)c2c1CC1CC3[C@H](N(C)C)C(O)=C(C(N)=O)C(=O)[C@@]3(O)C(O)=C1C2=O. The number of aliphatic hydroxyl groups excluding tert-OH is 2. The van der Waals surface area contributed by atoms with E-state index in [0.717, 1.165) is 0 Å². The molecule has 0 heterocycles. The number of carbonyl (C=O) groups excluding carboxylic acids is 4. The van der Waals surface area contributed by atoms with Gasteiger partial charge in [-0.3, -0.25) is 24.1 Å². The maximum Gasteiger partial charge on any atom is 0.255 e. The molecule has 12 heteroatoms. The second-order valence-corrected chi connectivity index (χ2v) is 10.2. The number of ketones is 2. The predicted octanol–water partition coefficient (Wildman–Crippen LogP) is -0.379. The van der Waals surface area contributed by atoms with Gasteiger partial charge in [0, 0.05) is 17.2 Å². The van der Waals surface area contributed by atoms with Gasteiger partial charge in [0.2, 0.25) is 11.7 Å². The van der Waals surface area contributed by atoms with Crippen LogP contribution in [0.4, 0.5) is 5.69 Å². The third kappa shape index (κ3) is 3.88. The fourth-order valence-electron chi connectivity index (χ4n) is 5.84. The topological polar surface area (TPSA) is 194 Å². The zero-order valence-electron chi connectivity index (χ0n) is 20.9. The second kappa shape index (κ2) is 8.98. The number of amides is 2. The molecule has 1 aromatic rings. The first kappa shape index (κ1) is 26.3. The molecular weight excluding hydrogens is 484 g/mol. The molecule has 0 spiro atoms. The van der Waals surface area contributed by atoms with Crippen LogP contribution in [0.5, 0.6) is 5.75 Å². The van der Waals surface area contributed by atoms with Crippen LogP contribution in [0.25, 0.3) is 0 Å². The number of nitrogens with zero attached hydrogens (tertiary/aromatic N) is 2. The minimum absolute atomic E-state index is 0.0352. The highest BCUT2D eigenvalue weighted by atomic mass is 16.3. The molecule has 2 amide bonds. The van der Waals surface area contributed by atoms with E-state index in [1.165, 1.54) is 17.0 Å². The Morgan fingerprint density at radius 1 is 1.14 bits per heavy atom. The van der Waals surface area contributed by atoms with Gasteiger partial charge in [0.25, 0.3) is 5.91 Å². The number of hydrogen-bond donors (Lipinski definition) is 6. The number of nitrogens with one attached hydrogen (secondary N) is 1. The van der Waals surface area contributed by atoms with E-state index in [4.69, 9.17) is 5.73 Å². The number of anilines is 1. The number of aliphatic hydroxyl groups is 3. The van der Waals surface area contributed by atoms with Crippen LogP contribution in [-0.4, -0.2) is 100.0 Å².